The van der Waals surface area contributed by atoms with Crippen molar-refractivity contribution in [3.63, 3.8) is 0 Å². The van der Waals surface area contributed by atoms with Gasteiger partial charge in [0.2, 0.25) is 5.91 Å². The molecule has 0 spiro atoms. The molecule has 2 aliphatic heterocycles. The Morgan fingerprint density at radius 2 is 1.68 bits per heavy atom. The van der Waals surface area contributed by atoms with E-state index in [2.05, 4.69) is 5.32 Å². The molecular weight excluding hydrogens is 414 g/mol. The molecule has 2 heterocycles. The van der Waals surface area contributed by atoms with Crippen LogP contribution in [-0.2, 0) is 38.1 Å². The number of hydrogen-bond donors (Lipinski definition) is 1. The van der Waals surface area contributed by atoms with Crippen molar-refractivity contribution in [2.24, 2.45) is 0 Å². The van der Waals surface area contributed by atoms with Crippen LogP contribution >= 0.6 is 0 Å². The predicted octanol–water partition coefficient (Wildman–Crippen LogP) is 2.29. The summed E-state index contributed by atoms with van der Waals surface area (Å²) in [5.41, 5.74) is 3.41. The number of hydrogen-bond acceptors (Lipinski definition) is 4. The molecule has 0 radical (unpaired) electrons. The van der Waals surface area contributed by atoms with E-state index in [9.17, 15) is 13.2 Å². The first-order valence-corrected chi connectivity index (χ1v) is 12.2. The molecule has 5 rings (SSSR count). The Bertz CT molecular complexity index is 1080. The van der Waals surface area contributed by atoms with Crippen LogP contribution < -0.4 is 5.32 Å². The van der Waals surface area contributed by atoms with Gasteiger partial charge in [-0.15, -0.1) is 0 Å². The minimum absolute atomic E-state index is 0.00672. The fraction of sp³-hybridized carbons (Fsp3) is 0.435. The number of carbonyl (C=O) groups is 1. The Hall–Kier alpha value is -2.26. The summed E-state index contributed by atoms with van der Waals surface area (Å²) in [4.78, 5) is 13.1. The molecule has 164 valence electrons. The van der Waals surface area contributed by atoms with E-state index in [4.69, 9.17) is 4.74 Å². The fourth-order valence-electron chi connectivity index (χ4n) is 4.53. The minimum Gasteiger partial charge on any atom is -0.379 e. The van der Waals surface area contributed by atoms with E-state index in [0.717, 1.165) is 35.2 Å². The molecule has 0 aromatic heterocycles. The van der Waals surface area contributed by atoms with Crippen LogP contribution in [0.5, 0.6) is 0 Å². The predicted molar refractivity (Wildman–Crippen MR) is 118 cm³/mol. The summed E-state index contributed by atoms with van der Waals surface area (Å²) in [6.07, 6.45) is 2.36. The number of carbonyl (C=O) groups excluding carboxylic acids is 1. The summed E-state index contributed by atoms with van der Waals surface area (Å²) in [5.74, 6) is 0.00672. The Morgan fingerprint density at radius 3 is 2.39 bits per heavy atom. The molecule has 2 aromatic carbocycles. The molecule has 31 heavy (non-hydrogen) atoms. The second-order valence-electron chi connectivity index (χ2n) is 8.49. The van der Waals surface area contributed by atoms with Crippen molar-refractivity contribution in [2.75, 3.05) is 38.2 Å². The molecule has 3 aliphatic rings. The zero-order valence-electron chi connectivity index (χ0n) is 17.4. The van der Waals surface area contributed by atoms with Gasteiger partial charge in [0.25, 0.3) is 10.2 Å². The van der Waals surface area contributed by atoms with Gasteiger partial charge >= 0.3 is 0 Å². The average molecular weight is 442 g/mol. The van der Waals surface area contributed by atoms with E-state index in [1.807, 2.05) is 48.5 Å². The van der Waals surface area contributed by atoms with Crippen LogP contribution in [0.15, 0.2) is 48.5 Å². The third-order valence-corrected chi connectivity index (χ3v) is 8.56. The smallest absolute Gasteiger partial charge is 0.282 e. The summed E-state index contributed by atoms with van der Waals surface area (Å²) < 4.78 is 34.4. The highest BCUT2D eigenvalue weighted by atomic mass is 32.2. The van der Waals surface area contributed by atoms with Gasteiger partial charge in [0.05, 0.1) is 18.6 Å². The molecule has 1 saturated heterocycles. The van der Waals surface area contributed by atoms with Crippen molar-refractivity contribution in [3.05, 3.63) is 65.2 Å². The lowest BCUT2D eigenvalue weighted by molar-refractivity contribution is -0.118. The Morgan fingerprint density at radius 1 is 0.935 bits per heavy atom. The van der Waals surface area contributed by atoms with Crippen LogP contribution in [0.25, 0.3) is 0 Å². The molecule has 7 nitrogen and oxygen atoms in total. The lowest BCUT2D eigenvalue weighted by Crippen LogP contribution is -2.49. The molecule has 0 atom stereocenters. The van der Waals surface area contributed by atoms with E-state index < -0.39 is 15.6 Å². The highest BCUT2D eigenvalue weighted by Crippen LogP contribution is 2.49. The number of benzene rings is 2. The van der Waals surface area contributed by atoms with Gasteiger partial charge in [-0.2, -0.15) is 17.0 Å². The number of anilines is 1. The van der Waals surface area contributed by atoms with Crippen LogP contribution in [0.1, 0.15) is 29.5 Å². The van der Waals surface area contributed by atoms with Crippen LogP contribution in [-0.4, -0.2) is 55.8 Å². The third kappa shape index (κ3) is 3.89. The van der Waals surface area contributed by atoms with Gasteiger partial charge in [0, 0.05) is 31.9 Å². The van der Waals surface area contributed by atoms with Crippen molar-refractivity contribution in [1.29, 1.82) is 0 Å². The molecule has 0 bridgehead atoms. The van der Waals surface area contributed by atoms with Crippen molar-refractivity contribution in [1.82, 2.24) is 8.61 Å². The maximum Gasteiger partial charge on any atom is 0.282 e. The number of rotatable bonds is 5. The van der Waals surface area contributed by atoms with Crippen molar-refractivity contribution < 1.29 is 17.9 Å². The first-order chi connectivity index (χ1) is 15.0. The minimum atomic E-state index is -3.51. The topological polar surface area (TPSA) is 79.0 Å². The second-order valence-corrected chi connectivity index (χ2v) is 10.4. The van der Waals surface area contributed by atoms with Crippen molar-refractivity contribution >= 4 is 21.8 Å². The fourth-order valence-corrected chi connectivity index (χ4v) is 6.09. The summed E-state index contributed by atoms with van der Waals surface area (Å²) >= 11 is 0. The van der Waals surface area contributed by atoms with E-state index in [-0.39, 0.29) is 5.91 Å². The van der Waals surface area contributed by atoms with Gasteiger partial charge in [0.1, 0.15) is 0 Å². The molecule has 2 fully saturated rings. The van der Waals surface area contributed by atoms with E-state index in [1.54, 1.807) is 4.31 Å². The average Bonchev–Trinajstić information content (AvgIpc) is 3.62. The van der Waals surface area contributed by atoms with Crippen LogP contribution in [0, 0.1) is 0 Å². The highest BCUT2D eigenvalue weighted by Gasteiger charge is 2.51. The molecule has 2 aromatic rings. The van der Waals surface area contributed by atoms with Gasteiger partial charge in [-0.3, -0.25) is 4.79 Å². The molecule has 1 saturated carbocycles. The molecule has 1 N–H and O–H groups in total. The third-order valence-electron chi connectivity index (χ3n) is 6.58. The van der Waals surface area contributed by atoms with Crippen molar-refractivity contribution in [3.8, 4) is 0 Å². The van der Waals surface area contributed by atoms with Crippen LogP contribution in [0.2, 0.25) is 0 Å². The molecule has 0 unspecified atom stereocenters. The Labute approximate surface area is 183 Å². The quantitative estimate of drug-likeness (QED) is 0.772. The summed E-state index contributed by atoms with van der Waals surface area (Å²) in [6, 6.07) is 15.8. The number of nitrogens with one attached hydrogen (secondary N) is 1. The van der Waals surface area contributed by atoms with Gasteiger partial charge in [-0.05, 0) is 48.1 Å². The first kappa shape index (κ1) is 20.6. The largest absolute Gasteiger partial charge is 0.379 e. The SMILES string of the molecule is O=C(Nc1ccc2c(c1)CN(S(=O)(=O)N1CCOCC1)CC2)C1(c2ccccc2)CC1. The first-order valence-electron chi connectivity index (χ1n) is 10.8. The summed E-state index contributed by atoms with van der Waals surface area (Å²) in [6.45, 7) is 2.44. The van der Waals surface area contributed by atoms with Gasteiger partial charge in [-0.1, -0.05) is 36.4 Å². The molecule has 1 aliphatic carbocycles. The normalized spacial score (nSPS) is 21.3. The number of morpholine rings is 1. The number of nitrogens with zero attached hydrogens (tertiary/aromatic N) is 2. The maximum atomic E-state index is 13.1. The number of amides is 1. The monoisotopic (exact) mass is 441 g/mol. The van der Waals surface area contributed by atoms with E-state index >= 15 is 0 Å². The van der Waals surface area contributed by atoms with Crippen molar-refractivity contribution in [2.45, 2.75) is 31.2 Å². The maximum absolute atomic E-state index is 13.1. The summed E-state index contributed by atoms with van der Waals surface area (Å²) in [5, 5.41) is 3.08. The van der Waals surface area contributed by atoms with Gasteiger partial charge in [0.15, 0.2) is 0 Å². The Kier molecular flexibility index (Phi) is 5.34. The summed E-state index contributed by atoms with van der Waals surface area (Å²) in [7, 11) is -3.51. The lowest BCUT2D eigenvalue weighted by atomic mass is 9.94. The van der Waals surface area contributed by atoms with Crippen LogP contribution in [0.3, 0.4) is 0 Å². The number of fused-ring (bicyclic) bond motifs is 1. The number of ether oxygens (including phenoxy) is 1. The molecule has 1 amide bonds. The standard InChI is InChI=1S/C23H27N3O4S/c27-22(23(9-10-23)20-4-2-1-3-5-20)24-21-7-6-18-8-11-26(17-19(18)16-21)31(28,29)25-12-14-30-15-13-25/h1-7,16H,8-15,17H2,(H,24,27). The zero-order chi connectivity index (χ0) is 21.5. The zero-order valence-corrected chi connectivity index (χ0v) is 18.2. The van der Waals surface area contributed by atoms with E-state index in [0.29, 0.717) is 45.8 Å². The van der Waals surface area contributed by atoms with E-state index in [1.165, 1.54) is 4.31 Å². The molecule has 8 heteroatoms. The Balaban J connectivity index is 1.32. The van der Waals surface area contributed by atoms with Gasteiger partial charge in [-0.25, -0.2) is 0 Å². The molecular formula is C23H27N3O4S. The van der Waals surface area contributed by atoms with Crippen LogP contribution in [0.4, 0.5) is 5.69 Å². The van der Waals surface area contributed by atoms with Gasteiger partial charge < -0.3 is 10.1 Å². The lowest BCUT2D eigenvalue weighted by Gasteiger charge is -2.34. The second kappa shape index (κ2) is 8.02. The highest BCUT2D eigenvalue weighted by molar-refractivity contribution is 7.86.